The summed E-state index contributed by atoms with van der Waals surface area (Å²) in [6.07, 6.45) is 1.97. The van der Waals surface area contributed by atoms with E-state index in [1.807, 2.05) is 47.9 Å². The van der Waals surface area contributed by atoms with E-state index in [0.29, 0.717) is 5.75 Å². The summed E-state index contributed by atoms with van der Waals surface area (Å²) >= 11 is 0. The zero-order valence-corrected chi connectivity index (χ0v) is 13.9. The van der Waals surface area contributed by atoms with Gasteiger partial charge in [0.2, 0.25) is 6.79 Å². The molecule has 0 bridgehead atoms. The van der Waals surface area contributed by atoms with Gasteiger partial charge in [0.25, 0.3) is 0 Å². The molecule has 0 fully saturated rings. The Morgan fingerprint density at radius 3 is 2.79 bits per heavy atom. The molecular formula is C18H18N4O2. The fourth-order valence-corrected chi connectivity index (χ4v) is 2.75. The summed E-state index contributed by atoms with van der Waals surface area (Å²) in [5.41, 5.74) is 3.69. The second-order valence-electron chi connectivity index (χ2n) is 6.10. The van der Waals surface area contributed by atoms with Crippen molar-refractivity contribution < 1.29 is 9.47 Å². The Hall–Kier alpha value is -2.89. The zero-order chi connectivity index (χ0) is 16.7. The maximum absolute atomic E-state index is 5.38. The van der Waals surface area contributed by atoms with Crippen LogP contribution in [-0.4, -0.2) is 16.2 Å². The fraction of sp³-hybridized carbons (Fsp3) is 0.278. The van der Waals surface area contributed by atoms with Crippen molar-refractivity contribution in [2.75, 3.05) is 6.79 Å². The quantitative estimate of drug-likeness (QED) is 0.644. The van der Waals surface area contributed by atoms with Gasteiger partial charge in [-0.1, -0.05) is 19.9 Å². The van der Waals surface area contributed by atoms with Crippen LogP contribution in [0.15, 0.2) is 46.8 Å². The van der Waals surface area contributed by atoms with Crippen LogP contribution < -0.4 is 9.47 Å². The maximum Gasteiger partial charge on any atom is 0.231 e. The lowest BCUT2D eigenvalue weighted by Crippen LogP contribution is -1.92. The maximum atomic E-state index is 5.38. The third-order valence-corrected chi connectivity index (χ3v) is 4.01. The first-order valence-corrected chi connectivity index (χ1v) is 7.92. The number of fused-ring (bicyclic) bond motifs is 2. The lowest BCUT2D eigenvalue weighted by molar-refractivity contribution is 0.174. The summed E-state index contributed by atoms with van der Waals surface area (Å²) in [5.74, 6) is 2.46. The highest BCUT2D eigenvalue weighted by Gasteiger charge is 2.17. The third-order valence-electron chi connectivity index (χ3n) is 4.01. The van der Waals surface area contributed by atoms with Gasteiger partial charge in [-0.25, -0.2) is 4.98 Å². The summed E-state index contributed by atoms with van der Waals surface area (Å²) in [6, 6.07) is 9.58. The molecule has 1 aromatic carbocycles. The van der Waals surface area contributed by atoms with Gasteiger partial charge in [0.05, 0.1) is 11.4 Å². The Balaban J connectivity index is 1.78. The van der Waals surface area contributed by atoms with Gasteiger partial charge >= 0.3 is 0 Å². The predicted octanol–water partition coefficient (Wildman–Crippen LogP) is 4.91. The number of aromatic nitrogens is 2. The Morgan fingerprint density at radius 2 is 1.96 bits per heavy atom. The number of hydrogen-bond acceptors (Lipinski definition) is 5. The first-order valence-electron chi connectivity index (χ1n) is 7.92. The Morgan fingerprint density at radius 1 is 1.12 bits per heavy atom. The average Bonchev–Trinajstić information content (AvgIpc) is 3.17. The zero-order valence-electron chi connectivity index (χ0n) is 13.9. The third kappa shape index (κ3) is 2.40. The molecule has 122 valence electrons. The standard InChI is InChI=1S/C18H18N4O2/c1-11(2)16-18(22-8-4-5-12(3)17(22)19-16)21-20-13-6-7-14-15(9-13)24-10-23-14/h4-9,11H,10H2,1-3H3. The summed E-state index contributed by atoms with van der Waals surface area (Å²) in [4.78, 5) is 4.75. The van der Waals surface area contributed by atoms with E-state index in [1.165, 1.54) is 0 Å². The monoisotopic (exact) mass is 322 g/mol. The molecule has 2 aromatic heterocycles. The van der Waals surface area contributed by atoms with Crippen molar-refractivity contribution in [2.45, 2.75) is 26.7 Å². The van der Waals surface area contributed by atoms with Gasteiger partial charge in [-0.3, -0.25) is 4.40 Å². The first kappa shape index (κ1) is 14.7. The number of hydrogen-bond donors (Lipinski definition) is 0. The van der Waals surface area contributed by atoms with Crippen LogP contribution in [0.1, 0.15) is 31.0 Å². The van der Waals surface area contributed by atoms with E-state index in [2.05, 4.69) is 24.1 Å². The number of rotatable bonds is 3. The molecule has 0 amide bonds. The number of nitrogens with zero attached hydrogens (tertiary/aromatic N) is 4. The molecule has 4 rings (SSSR count). The van der Waals surface area contributed by atoms with Gasteiger partial charge in [0.15, 0.2) is 17.3 Å². The minimum Gasteiger partial charge on any atom is -0.454 e. The smallest absolute Gasteiger partial charge is 0.231 e. The largest absolute Gasteiger partial charge is 0.454 e. The molecule has 0 unspecified atom stereocenters. The van der Waals surface area contributed by atoms with Crippen LogP contribution in [0.2, 0.25) is 0 Å². The van der Waals surface area contributed by atoms with E-state index >= 15 is 0 Å². The number of azo groups is 1. The van der Waals surface area contributed by atoms with Gasteiger partial charge in [0, 0.05) is 12.3 Å². The minimum absolute atomic E-state index is 0.250. The van der Waals surface area contributed by atoms with Crippen molar-refractivity contribution in [2.24, 2.45) is 10.2 Å². The molecule has 0 atom stereocenters. The van der Waals surface area contributed by atoms with E-state index in [4.69, 9.17) is 14.5 Å². The summed E-state index contributed by atoms with van der Waals surface area (Å²) in [6.45, 7) is 6.51. The van der Waals surface area contributed by atoms with Gasteiger partial charge in [-0.05, 0) is 36.6 Å². The van der Waals surface area contributed by atoms with Gasteiger partial charge < -0.3 is 9.47 Å². The molecule has 1 aliphatic rings. The second-order valence-corrected chi connectivity index (χ2v) is 6.10. The average molecular weight is 322 g/mol. The van der Waals surface area contributed by atoms with Crippen LogP contribution in [0.4, 0.5) is 11.5 Å². The number of benzene rings is 1. The summed E-state index contributed by atoms with van der Waals surface area (Å²) in [5, 5.41) is 8.86. The molecule has 3 heterocycles. The van der Waals surface area contributed by atoms with Crippen LogP contribution in [-0.2, 0) is 0 Å². The topological polar surface area (TPSA) is 60.5 Å². The molecule has 0 saturated carbocycles. The normalized spacial score (nSPS) is 13.5. The molecule has 6 heteroatoms. The van der Waals surface area contributed by atoms with Gasteiger partial charge in [0.1, 0.15) is 5.65 Å². The highest BCUT2D eigenvalue weighted by Crippen LogP contribution is 2.36. The van der Waals surface area contributed by atoms with E-state index < -0.39 is 0 Å². The number of ether oxygens (including phenoxy) is 2. The predicted molar refractivity (Wildman–Crippen MR) is 90.8 cm³/mol. The molecule has 0 N–H and O–H groups in total. The molecule has 0 aliphatic carbocycles. The van der Waals surface area contributed by atoms with E-state index in [1.54, 1.807) is 0 Å². The highest BCUT2D eigenvalue weighted by molar-refractivity contribution is 5.58. The van der Waals surface area contributed by atoms with Crippen molar-refractivity contribution in [3.63, 3.8) is 0 Å². The summed E-state index contributed by atoms with van der Waals surface area (Å²) < 4.78 is 12.7. The van der Waals surface area contributed by atoms with Gasteiger partial charge in [-0.15, -0.1) is 10.2 Å². The van der Waals surface area contributed by atoms with Crippen LogP contribution >= 0.6 is 0 Å². The van der Waals surface area contributed by atoms with E-state index in [0.717, 1.165) is 34.2 Å². The number of imidazole rings is 1. The van der Waals surface area contributed by atoms with Crippen LogP contribution in [0.3, 0.4) is 0 Å². The minimum atomic E-state index is 0.250. The molecule has 6 nitrogen and oxygen atoms in total. The lowest BCUT2D eigenvalue weighted by Gasteiger charge is -2.02. The van der Waals surface area contributed by atoms with E-state index in [-0.39, 0.29) is 12.7 Å². The Labute approximate surface area is 139 Å². The first-order chi connectivity index (χ1) is 11.6. The lowest BCUT2D eigenvalue weighted by atomic mass is 10.1. The molecule has 1 aliphatic heterocycles. The van der Waals surface area contributed by atoms with Crippen molar-refractivity contribution in [3.8, 4) is 11.5 Å². The van der Waals surface area contributed by atoms with Crippen LogP contribution in [0.25, 0.3) is 5.65 Å². The fourth-order valence-electron chi connectivity index (χ4n) is 2.75. The molecule has 0 spiro atoms. The molecular weight excluding hydrogens is 304 g/mol. The summed E-state index contributed by atoms with van der Waals surface area (Å²) in [7, 11) is 0. The Kier molecular flexibility index (Phi) is 3.45. The van der Waals surface area contributed by atoms with Crippen molar-refractivity contribution >= 4 is 17.2 Å². The SMILES string of the molecule is Cc1cccn2c(N=Nc3ccc4c(c3)OCO4)c(C(C)C)nc12. The highest BCUT2D eigenvalue weighted by atomic mass is 16.7. The molecule has 3 aromatic rings. The number of pyridine rings is 1. The second kappa shape index (κ2) is 5.63. The van der Waals surface area contributed by atoms with Crippen molar-refractivity contribution in [1.29, 1.82) is 0 Å². The van der Waals surface area contributed by atoms with Gasteiger partial charge in [-0.2, -0.15) is 0 Å². The van der Waals surface area contributed by atoms with Crippen molar-refractivity contribution in [3.05, 3.63) is 47.8 Å². The molecule has 24 heavy (non-hydrogen) atoms. The van der Waals surface area contributed by atoms with Crippen LogP contribution in [0, 0.1) is 6.92 Å². The Bertz CT molecular complexity index is 944. The number of aryl methyl sites for hydroxylation is 1. The molecule has 0 radical (unpaired) electrons. The molecule has 0 saturated heterocycles. The van der Waals surface area contributed by atoms with Crippen LogP contribution in [0.5, 0.6) is 11.5 Å². The van der Waals surface area contributed by atoms with E-state index in [9.17, 15) is 0 Å². The van der Waals surface area contributed by atoms with Crippen molar-refractivity contribution in [1.82, 2.24) is 9.38 Å².